The number of carbonyl (C=O) groups is 2. The number of hydrogen-bond donors (Lipinski definition) is 5. The monoisotopic (exact) mass is 516 g/mol. The van der Waals surface area contributed by atoms with Gasteiger partial charge in [-0.3, -0.25) is 24.8 Å². The highest BCUT2D eigenvalue weighted by Gasteiger charge is 2.35. The fraction of sp³-hybridized carbons (Fsp3) is 0.458. The first-order valence-corrected chi connectivity index (χ1v) is 12.1. The lowest BCUT2D eigenvalue weighted by Crippen LogP contribution is -2.50. The number of amides is 1. The number of likely N-dealkylation sites (tertiary alicyclic amines) is 1. The molecule has 11 nitrogen and oxygen atoms in total. The Balaban J connectivity index is 1.69. The average Bonchev–Trinajstić information content (AvgIpc) is 2.88. The third-order valence-corrected chi connectivity index (χ3v) is 6.76. The molecule has 1 aromatic heterocycles. The number of carboxylic acid groups (broad SMARTS) is 1. The highest BCUT2D eigenvalue weighted by Crippen LogP contribution is 2.35. The molecule has 194 valence electrons. The van der Waals surface area contributed by atoms with E-state index in [1.807, 2.05) is 23.1 Å². The number of aromatic nitrogens is 2. The quantitative estimate of drug-likeness (QED) is 0.248. The third-order valence-electron chi connectivity index (χ3n) is 6.48. The van der Waals surface area contributed by atoms with E-state index in [-0.39, 0.29) is 34.4 Å². The van der Waals surface area contributed by atoms with Gasteiger partial charge in [0, 0.05) is 20.6 Å². The van der Waals surface area contributed by atoms with Crippen LogP contribution in [0, 0.1) is 5.41 Å². The summed E-state index contributed by atoms with van der Waals surface area (Å²) in [7, 11) is 3.18. The Bertz CT molecular complexity index is 1090. The largest absolute Gasteiger partial charge is 0.480 e. The van der Waals surface area contributed by atoms with Crippen molar-refractivity contribution in [3.8, 4) is 0 Å². The SMILES string of the molecule is CN=C(NCC1(CCc2ccccc2)CCN(CC(=O)O)CC1)NC(=O)c1nc(Cl)c(N)nc1NC. The van der Waals surface area contributed by atoms with Crippen LogP contribution in [0.15, 0.2) is 35.3 Å². The summed E-state index contributed by atoms with van der Waals surface area (Å²) in [6.45, 7) is 2.00. The standard InChI is InChI=1S/C24H33ClN8O3/c1-27-21-18(30-19(25)20(26)31-21)22(36)32-23(28-2)29-15-24(9-8-16-6-4-3-5-7-16)10-12-33(13-11-24)14-17(34)35/h3-7H,8-15H2,1-2H3,(H,34,35)(H3,26,27,31)(H2,28,29,32,36). The third kappa shape index (κ3) is 7.28. The van der Waals surface area contributed by atoms with Crippen LogP contribution in [0.25, 0.3) is 0 Å². The van der Waals surface area contributed by atoms with Crippen LogP contribution in [0.3, 0.4) is 0 Å². The van der Waals surface area contributed by atoms with Gasteiger partial charge in [-0.25, -0.2) is 9.97 Å². The summed E-state index contributed by atoms with van der Waals surface area (Å²) < 4.78 is 0. The molecule has 1 aromatic carbocycles. The van der Waals surface area contributed by atoms with Gasteiger partial charge in [-0.1, -0.05) is 41.9 Å². The fourth-order valence-corrected chi connectivity index (χ4v) is 4.45. The van der Waals surface area contributed by atoms with Gasteiger partial charge in [-0.2, -0.15) is 0 Å². The van der Waals surface area contributed by atoms with E-state index in [4.69, 9.17) is 22.4 Å². The molecule has 36 heavy (non-hydrogen) atoms. The summed E-state index contributed by atoms with van der Waals surface area (Å²) in [5.41, 5.74) is 6.85. The second-order valence-corrected chi connectivity index (χ2v) is 9.24. The Morgan fingerprint density at radius 3 is 2.53 bits per heavy atom. The van der Waals surface area contributed by atoms with Gasteiger partial charge in [-0.05, 0) is 49.8 Å². The number of carbonyl (C=O) groups excluding carboxylic acids is 1. The number of anilines is 2. The Morgan fingerprint density at radius 1 is 1.22 bits per heavy atom. The van der Waals surface area contributed by atoms with Crippen molar-refractivity contribution in [2.24, 2.45) is 10.4 Å². The molecule has 0 atom stereocenters. The Morgan fingerprint density at radius 2 is 1.92 bits per heavy atom. The second kappa shape index (κ2) is 12.5. The van der Waals surface area contributed by atoms with Crippen molar-refractivity contribution < 1.29 is 14.7 Å². The summed E-state index contributed by atoms with van der Waals surface area (Å²) in [5, 5.41) is 17.9. The van der Waals surface area contributed by atoms with Gasteiger partial charge in [0.2, 0.25) is 0 Å². The Kier molecular flexibility index (Phi) is 9.43. The fourth-order valence-electron chi connectivity index (χ4n) is 4.32. The Hall–Kier alpha value is -3.44. The van der Waals surface area contributed by atoms with Crippen LogP contribution < -0.4 is 21.7 Å². The maximum absolute atomic E-state index is 12.9. The van der Waals surface area contributed by atoms with E-state index in [2.05, 4.69) is 43.0 Å². The number of halogens is 1. The van der Waals surface area contributed by atoms with Gasteiger partial charge in [0.15, 0.2) is 28.4 Å². The molecule has 1 saturated heterocycles. The molecule has 1 aliphatic rings. The minimum Gasteiger partial charge on any atom is -0.480 e. The smallest absolute Gasteiger partial charge is 0.317 e. The number of nitrogens with zero attached hydrogens (tertiary/aromatic N) is 4. The van der Waals surface area contributed by atoms with Gasteiger partial charge in [0.25, 0.3) is 5.91 Å². The number of nitrogen functional groups attached to an aromatic ring is 1. The van der Waals surface area contributed by atoms with Crippen LogP contribution in [-0.2, 0) is 11.2 Å². The molecule has 1 aliphatic heterocycles. The zero-order chi connectivity index (χ0) is 26.1. The molecule has 0 saturated carbocycles. The summed E-state index contributed by atoms with van der Waals surface area (Å²) in [4.78, 5) is 38.3. The van der Waals surface area contributed by atoms with Crippen LogP contribution in [0.2, 0.25) is 5.15 Å². The maximum atomic E-state index is 12.9. The van der Waals surface area contributed by atoms with Crippen molar-refractivity contribution in [1.82, 2.24) is 25.5 Å². The predicted molar refractivity (Wildman–Crippen MR) is 140 cm³/mol. The van der Waals surface area contributed by atoms with E-state index >= 15 is 0 Å². The molecule has 1 amide bonds. The van der Waals surface area contributed by atoms with Gasteiger partial charge in [0.1, 0.15) is 0 Å². The van der Waals surface area contributed by atoms with Crippen LogP contribution >= 0.6 is 11.6 Å². The number of nitrogens with one attached hydrogen (secondary N) is 3. The molecule has 1 fully saturated rings. The van der Waals surface area contributed by atoms with E-state index in [0.717, 1.165) is 25.7 Å². The number of carboxylic acids is 1. The number of aliphatic carboxylic acids is 1. The number of aliphatic imine (C=N–C) groups is 1. The molecule has 0 bridgehead atoms. The summed E-state index contributed by atoms with van der Waals surface area (Å²) in [6, 6.07) is 10.3. The van der Waals surface area contributed by atoms with Crippen LogP contribution in [0.4, 0.5) is 11.6 Å². The molecule has 2 aromatic rings. The van der Waals surface area contributed by atoms with Crippen molar-refractivity contribution in [3.05, 3.63) is 46.7 Å². The van der Waals surface area contributed by atoms with Crippen LogP contribution in [-0.4, -0.2) is 78.1 Å². The number of guanidine groups is 1. The van der Waals surface area contributed by atoms with E-state index in [0.29, 0.717) is 25.6 Å². The van der Waals surface area contributed by atoms with Crippen molar-refractivity contribution in [2.75, 3.05) is 51.3 Å². The number of piperidine rings is 1. The van der Waals surface area contributed by atoms with E-state index in [1.54, 1.807) is 14.1 Å². The lowest BCUT2D eigenvalue weighted by Gasteiger charge is -2.42. The minimum absolute atomic E-state index is 0.000389. The minimum atomic E-state index is -0.820. The predicted octanol–water partition coefficient (Wildman–Crippen LogP) is 1.86. The van der Waals surface area contributed by atoms with Gasteiger partial charge in [-0.15, -0.1) is 0 Å². The highest BCUT2D eigenvalue weighted by atomic mass is 35.5. The molecular formula is C24H33ClN8O3. The van der Waals surface area contributed by atoms with E-state index in [9.17, 15) is 9.59 Å². The Labute approximate surface area is 215 Å². The highest BCUT2D eigenvalue weighted by molar-refractivity contribution is 6.31. The lowest BCUT2D eigenvalue weighted by molar-refractivity contribution is -0.138. The number of hydrogen-bond acceptors (Lipinski definition) is 8. The van der Waals surface area contributed by atoms with Crippen molar-refractivity contribution >= 4 is 41.1 Å². The first-order chi connectivity index (χ1) is 17.2. The summed E-state index contributed by atoms with van der Waals surface area (Å²) >= 11 is 5.97. The number of aryl methyl sites for hydroxylation is 1. The summed E-state index contributed by atoms with van der Waals surface area (Å²) in [6.07, 6.45) is 3.47. The van der Waals surface area contributed by atoms with Crippen molar-refractivity contribution in [3.63, 3.8) is 0 Å². The first kappa shape index (κ1) is 27.2. The average molecular weight is 517 g/mol. The molecule has 0 unspecified atom stereocenters. The van der Waals surface area contributed by atoms with Crippen LogP contribution in [0.1, 0.15) is 35.3 Å². The van der Waals surface area contributed by atoms with Gasteiger partial charge >= 0.3 is 5.97 Å². The van der Waals surface area contributed by atoms with Crippen molar-refractivity contribution in [1.29, 1.82) is 0 Å². The van der Waals surface area contributed by atoms with Crippen molar-refractivity contribution in [2.45, 2.75) is 25.7 Å². The topological polar surface area (TPSA) is 158 Å². The molecular weight excluding hydrogens is 484 g/mol. The zero-order valence-electron chi connectivity index (χ0n) is 20.6. The number of benzene rings is 1. The zero-order valence-corrected chi connectivity index (χ0v) is 21.3. The van der Waals surface area contributed by atoms with Gasteiger partial charge in [0.05, 0.1) is 6.54 Å². The molecule has 2 heterocycles. The normalized spacial score (nSPS) is 15.8. The molecule has 12 heteroatoms. The number of nitrogens with two attached hydrogens (primary N) is 1. The lowest BCUT2D eigenvalue weighted by atomic mass is 9.74. The molecule has 0 radical (unpaired) electrons. The summed E-state index contributed by atoms with van der Waals surface area (Å²) in [5.74, 6) is -0.829. The molecule has 6 N–H and O–H groups in total. The van der Waals surface area contributed by atoms with E-state index in [1.165, 1.54) is 5.56 Å². The van der Waals surface area contributed by atoms with Crippen LogP contribution in [0.5, 0.6) is 0 Å². The molecule has 0 spiro atoms. The molecule has 0 aliphatic carbocycles. The number of rotatable bonds is 9. The first-order valence-electron chi connectivity index (χ1n) is 11.8. The van der Waals surface area contributed by atoms with E-state index < -0.39 is 11.9 Å². The molecule has 3 rings (SSSR count). The van der Waals surface area contributed by atoms with Gasteiger partial charge < -0.3 is 21.5 Å². The second-order valence-electron chi connectivity index (χ2n) is 8.88. The maximum Gasteiger partial charge on any atom is 0.317 e.